The van der Waals surface area contributed by atoms with Crippen LogP contribution in [0.1, 0.15) is 6.42 Å². The maximum atomic E-state index is 15.3. The minimum Gasteiger partial charge on any atom is -0.451 e. The Morgan fingerprint density at radius 1 is 1.15 bits per heavy atom. The number of carbonyl (C=O) groups is 1. The number of fused-ring (bicyclic) bond motifs is 1. The fourth-order valence-corrected chi connectivity index (χ4v) is 4.83. The van der Waals surface area contributed by atoms with E-state index >= 15 is 4.39 Å². The van der Waals surface area contributed by atoms with Gasteiger partial charge in [-0.25, -0.2) is 18.2 Å². The van der Waals surface area contributed by atoms with Gasteiger partial charge in [-0.15, -0.1) is 11.6 Å². The van der Waals surface area contributed by atoms with E-state index in [9.17, 15) is 27.5 Å². The van der Waals surface area contributed by atoms with Crippen LogP contribution in [0.5, 0.6) is 11.5 Å². The average molecular weight is 570 g/mol. The fourth-order valence-electron chi connectivity index (χ4n) is 4.69. The van der Waals surface area contributed by atoms with E-state index in [-0.39, 0.29) is 30.3 Å². The number of hydrogen-bond acceptors (Lipinski definition) is 7. The first-order valence-corrected chi connectivity index (χ1v) is 12.2. The van der Waals surface area contributed by atoms with E-state index in [0.717, 1.165) is 6.07 Å². The zero-order valence-electron chi connectivity index (χ0n) is 20.1. The maximum Gasteiger partial charge on any atom is 0.243 e. The molecule has 1 saturated heterocycles. The minimum absolute atomic E-state index is 0.0184. The Morgan fingerprint density at radius 2 is 1.87 bits per heavy atom. The van der Waals surface area contributed by atoms with Crippen LogP contribution in [-0.2, 0) is 4.79 Å². The van der Waals surface area contributed by atoms with Crippen molar-refractivity contribution in [3.05, 3.63) is 77.0 Å². The number of anilines is 1. The van der Waals surface area contributed by atoms with Crippen molar-refractivity contribution in [2.45, 2.75) is 17.8 Å². The molecular weight excluding hydrogens is 549 g/mol. The van der Waals surface area contributed by atoms with Crippen LogP contribution in [-0.4, -0.2) is 64.4 Å². The molecule has 5 rings (SSSR count). The summed E-state index contributed by atoms with van der Waals surface area (Å²) < 4.78 is 75.3. The molecule has 2 aromatic carbocycles. The number of halogens is 6. The van der Waals surface area contributed by atoms with Crippen LogP contribution in [0.4, 0.5) is 27.6 Å². The van der Waals surface area contributed by atoms with Gasteiger partial charge < -0.3 is 30.3 Å². The summed E-state index contributed by atoms with van der Waals surface area (Å²) in [7, 11) is 0. The van der Waals surface area contributed by atoms with Gasteiger partial charge in [0.05, 0.1) is 30.6 Å². The van der Waals surface area contributed by atoms with E-state index in [4.69, 9.17) is 22.1 Å². The number of aliphatic imine (C=N–C) groups is 1. The lowest BCUT2D eigenvalue weighted by molar-refractivity contribution is -0.130. The third-order valence-corrected chi connectivity index (χ3v) is 6.98. The molecule has 3 heterocycles. The molecule has 2 unspecified atom stereocenters. The van der Waals surface area contributed by atoms with E-state index < -0.39 is 58.5 Å². The van der Waals surface area contributed by atoms with Crippen molar-refractivity contribution >= 4 is 29.0 Å². The van der Waals surface area contributed by atoms with E-state index in [0.29, 0.717) is 30.9 Å². The maximum absolute atomic E-state index is 15.3. The highest BCUT2D eigenvalue weighted by molar-refractivity contribution is 6.30. The van der Waals surface area contributed by atoms with E-state index in [1.807, 2.05) is 4.90 Å². The van der Waals surface area contributed by atoms with Crippen LogP contribution < -0.4 is 15.4 Å². The fraction of sp³-hybridized carbons (Fsp3) is 0.280. The molecule has 3 aliphatic rings. The van der Waals surface area contributed by atoms with Gasteiger partial charge in [-0.3, -0.25) is 4.79 Å². The van der Waals surface area contributed by atoms with Crippen LogP contribution >= 0.6 is 11.6 Å². The Labute approximate surface area is 224 Å². The van der Waals surface area contributed by atoms with Crippen molar-refractivity contribution in [1.29, 1.82) is 0 Å². The number of aliphatic hydroxyl groups is 1. The number of hydrogen-bond donors (Lipinski definition) is 2. The molecule has 1 amide bonds. The lowest BCUT2D eigenvalue weighted by atomic mass is 10.1. The number of aliphatic hydroxyl groups excluding tert-OH is 1. The Bertz CT molecular complexity index is 1410. The Balaban J connectivity index is 1.41. The topological polar surface area (TPSA) is 94.6 Å². The number of benzene rings is 2. The Morgan fingerprint density at radius 3 is 2.54 bits per heavy atom. The Hall–Kier alpha value is -3.84. The highest BCUT2D eigenvalue weighted by Gasteiger charge is 2.39. The first kappa shape index (κ1) is 26.8. The summed E-state index contributed by atoms with van der Waals surface area (Å²) in [4.78, 5) is 21.7. The summed E-state index contributed by atoms with van der Waals surface area (Å²) in [6, 6.07) is 3.03. The molecule has 0 radical (unpaired) electrons. The molecule has 39 heavy (non-hydrogen) atoms. The van der Waals surface area contributed by atoms with Gasteiger partial charge >= 0.3 is 0 Å². The Kier molecular flexibility index (Phi) is 7.12. The zero-order valence-corrected chi connectivity index (χ0v) is 20.8. The largest absolute Gasteiger partial charge is 0.451 e. The normalized spacial score (nSPS) is 19.5. The summed E-state index contributed by atoms with van der Waals surface area (Å²) in [5.74, 6) is -9.17. The summed E-state index contributed by atoms with van der Waals surface area (Å²) in [5, 5.41) is 8.16. The molecule has 0 spiro atoms. The van der Waals surface area contributed by atoms with Crippen molar-refractivity contribution < 1.29 is 36.6 Å². The predicted molar refractivity (Wildman–Crippen MR) is 131 cm³/mol. The molecule has 0 aliphatic carbocycles. The second kappa shape index (κ2) is 10.4. The number of carbonyl (C=O) groups excluding carboxylic acids is 1. The van der Waals surface area contributed by atoms with Gasteiger partial charge in [-0.05, 0) is 24.6 Å². The van der Waals surface area contributed by atoms with Gasteiger partial charge in [0.2, 0.25) is 23.3 Å². The number of amides is 1. The standard InChI is InChI=1S/C25H21ClF5N5O3/c26-15(10-37)25(38)34-6-4-12(9-34)35-11-36(23(32)14-3-5-33-24(14)35)19-2-1-13(7-16(19)27)39-22-20(30)17(28)8-18(29)21(22)31/h1-3,5,7-8,12,15,37H,4,6,9-11,32H2. The molecule has 0 bridgehead atoms. The predicted octanol–water partition coefficient (Wildman–Crippen LogP) is 3.55. The molecule has 14 heteroatoms. The molecule has 3 aliphatic heterocycles. The number of nitrogens with two attached hydrogens (primary N) is 1. The summed E-state index contributed by atoms with van der Waals surface area (Å²) in [5.41, 5.74) is 6.86. The van der Waals surface area contributed by atoms with Crippen LogP contribution in [0.15, 0.2) is 52.9 Å². The molecule has 2 atom stereocenters. The second-order valence-electron chi connectivity index (χ2n) is 9.00. The van der Waals surface area contributed by atoms with Gasteiger partial charge in [0, 0.05) is 31.4 Å². The first-order chi connectivity index (χ1) is 18.6. The van der Waals surface area contributed by atoms with Crippen LogP contribution in [0.3, 0.4) is 0 Å². The number of nitrogens with zero attached hydrogens (tertiary/aromatic N) is 4. The molecule has 0 aromatic heterocycles. The number of likely N-dealkylation sites (tertiary alicyclic amines) is 1. The van der Waals surface area contributed by atoms with Crippen molar-refractivity contribution in [2.75, 3.05) is 31.3 Å². The zero-order chi connectivity index (χ0) is 28.0. The van der Waals surface area contributed by atoms with Gasteiger partial charge in [-0.1, -0.05) is 0 Å². The monoisotopic (exact) mass is 569 g/mol. The lowest BCUT2D eigenvalue weighted by Crippen LogP contribution is -2.54. The van der Waals surface area contributed by atoms with E-state index in [1.54, 1.807) is 12.3 Å². The SMILES string of the molecule is NC1=C2C=CN=C2N(C2CCN(C(=O)C(Cl)CO)C2)CN1c1ccc(Oc2c(F)c(F)cc(F)c2F)cc1F. The van der Waals surface area contributed by atoms with Gasteiger partial charge in [0.25, 0.3) is 0 Å². The lowest BCUT2D eigenvalue weighted by Gasteiger charge is -2.41. The van der Waals surface area contributed by atoms with E-state index in [1.165, 1.54) is 21.9 Å². The first-order valence-electron chi connectivity index (χ1n) is 11.7. The van der Waals surface area contributed by atoms with Gasteiger partial charge in [-0.2, -0.15) is 8.78 Å². The molecule has 2 aromatic rings. The quantitative estimate of drug-likeness (QED) is 0.314. The summed E-state index contributed by atoms with van der Waals surface area (Å²) in [6.07, 6.45) is 3.75. The summed E-state index contributed by atoms with van der Waals surface area (Å²) in [6.45, 7) is 0.235. The average Bonchev–Trinajstić information content (AvgIpc) is 3.61. The van der Waals surface area contributed by atoms with Crippen molar-refractivity contribution in [3.8, 4) is 11.5 Å². The van der Waals surface area contributed by atoms with Crippen LogP contribution in [0, 0.1) is 29.1 Å². The second-order valence-corrected chi connectivity index (χ2v) is 9.52. The smallest absolute Gasteiger partial charge is 0.243 e. The molecule has 1 fully saturated rings. The van der Waals surface area contributed by atoms with Crippen molar-refractivity contribution in [1.82, 2.24) is 9.80 Å². The number of rotatable bonds is 6. The number of ether oxygens (including phenoxy) is 1. The molecule has 206 valence electrons. The highest BCUT2D eigenvalue weighted by Crippen LogP contribution is 2.36. The van der Waals surface area contributed by atoms with Crippen molar-refractivity contribution in [3.63, 3.8) is 0 Å². The molecular formula is C25H21ClF5N5O3. The van der Waals surface area contributed by atoms with Crippen LogP contribution in [0.25, 0.3) is 0 Å². The number of alkyl halides is 1. The summed E-state index contributed by atoms with van der Waals surface area (Å²) >= 11 is 5.90. The molecule has 8 nitrogen and oxygen atoms in total. The molecule has 0 saturated carbocycles. The minimum atomic E-state index is -1.76. The van der Waals surface area contributed by atoms with Gasteiger partial charge in [0.1, 0.15) is 22.8 Å². The van der Waals surface area contributed by atoms with Crippen LogP contribution in [0.2, 0.25) is 0 Å². The highest BCUT2D eigenvalue weighted by atomic mass is 35.5. The van der Waals surface area contributed by atoms with Crippen molar-refractivity contribution in [2.24, 2.45) is 10.7 Å². The third kappa shape index (κ3) is 4.76. The molecule has 3 N–H and O–H groups in total. The van der Waals surface area contributed by atoms with E-state index in [2.05, 4.69) is 4.99 Å². The third-order valence-electron chi connectivity index (χ3n) is 6.66. The number of amidine groups is 1. The van der Waals surface area contributed by atoms with Gasteiger partial charge in [0.15, 0.2) is 17.5 Å².